The maximum absolute atomic E-state index is 11.1. The number of amides is 1. The van der Waals surface area contributed by atoms with Crippen LogP contribution in [0.3, 0.4) is 0 Å². The number of carbonyl (C=O) groups excluding carboxylic acids is 1. The van der Waals surface area contributed by atoms with Crippen molar-refractivity contribution < 1.29 is 4.79 Å². The van der Waals surface area contributed by atoms with Crippen molar-refractivity contribution in [2.45, 2.75) is 0 Å². The van der Waals surface area contributed by atoms with Gasteiger partial charge >= 0.3 is 0 Å². The van der Waals surface area contributed by atoms with E-state index >= 15 is 0 Å². The zero-order chi connectivity index (χ0) is 8.55. The highest BCUT2D eigenvalue weighted by molar-refractivity contribution is 14.1. The van der Waals surface area contributed by atoms with E-state index in [2.05, 4.69) is 4.99 Å². The summed E-state index contributed by atoms with van der Waals surface area (Å²) in [7, 11) is 0. The van der Waals surface area contributed by atoms with E-state index in [0.29, 0.717) is 3.58 Å². The van der Waals surface area contributed by atoms with Crippen molar-refractivity contribution in [3.8, 4) is 0 Å². The molecule has 0 fully saturated rings. The molecule has 0 N–H and O–H groups in total. The Morgan fingerprint density at radius 2 is 2.25 bits per heavy atom. The van der Waals surface area contributed by atoms with Crippen molar-refractivity contribution >= 4 is 34.2 Å². The van der Waals surface area contributed by atoms with Crippen LogP contribution in [-0.2, 0) is 4.79 Å². The van der Waals surface area contributed by atoms with Crippen molar-refractivity contribution in [1.82, 2.24) is 0 Å². The maximum atomic E-state index is 11.1. The van der Waals surface area contributed by atoms with Gasteiger partial charge in [0.1, 0.15) is 0 Å². The van der Waals surface area contributed by atoms with Crippen LogP contribution in [0.25, 0.3) is 0 Å². The third-order valence-corrected chi connectivity index (χ3v) is 2.62. The molecular weight excluding hydrogens is 265 g/mol. The Kier molecular flexibility index (Phi) is 1.96. The summed E-state index contributed by atoms with van der Waals surface area (Å²) >= 11 is 2.02. The van der Waals surface area contributed by atoms with Gasteiger partial charge in [0.15, 0.2) is 0 Å². The van der Waals surface area contributed by atoms with E-state index in [0.717, 1.165) is 5.71 Å². The van der Waals surface area contributed by atoms with Gasteiger partial charge in [0.25, 0.3) is 5.91 Å². The minimum Gasteiger partial charge on any atom is -0.266 e. The van der Waals surface area contributed by atoms with Gasteiger partial charge in [-0.2, -0.15) is 0 Å². The van der Waals surface area contributed by atoms with Crippen LogP contribution in [0.4, 0.5) is 0 Å². The summed E-state index contributed by atoms with van der Waals surface area (Å²) in [5, 5.41) is 0. The molecule has 1 atom stereocenters. The molecular formula is C9H6INO. The zero-order valence-electron chi connectivity index (χ0n) is 6.20. The number of rotatable bonds is 0. The molecule has 60 valence electrons. The first-order valence-electron chi connectivity index (χ1n) is 3.62. The Labute approximate surface area is 83.9 Å². The van der Waals surface area contributed by atoms with Gasteiger partial charge in [0, 0.05) is 5.92 Å². The molecule has 0 aromatic carbocycles. The van der Waals surface area contributed by atoms with E-state index < -0.39 is 0 Å². The lowest BCUT2D eigenvalue weighted by Crippen LogP contribution is -2.17. The Morgan fingerprint density at radius 1 is 1.42 bits per heavy atom. The highest BCUT2D eigenvalue weighted by Gasteiger charge is 2.19. The molecule has 1 aliphatic heterocycles. The summed E-state index contributed by atoms with van der Waals surface area (Å²) < 4.78 is 0.710. The predicted molar refractivity (Wildman–Crippen MR) is 56.3 cm³/mol. The lowest BCUT2D eigenvalue weighted by Gasteiger charge is -2.15. The normalized spacial score (nSPS) is 26.4. The summed E-state index contributed by atoms with van der Waals surface area (Å²) in [6.45, 7) is 0. The fraction of sp³-hybridized carbons (Fsp3) is 0.111. The van der Waals surface area contributed by atoms with Gasteiger partial charge in [-0.25, -0.2) is 4.99 Å². The average molecular weight is 271 g/mol. The Hall–Kier alpha value is -0.710. The van der Waals surface area contributed by atoms with E-state index in [1.807, 2.05) is 53.0 Å². The van der Waals surface area contributed by atoms with Gasteiger partial charge in [0.2, 0.25) is 0 Å². The van der Waals surface area contributed by atoms with Crippen LogP contribution in [-0.4, -0.2) is 11.6 Å². The zero-order valence-corrected chi connectivity index (χ0v) is 8.36. The fourth-order valence-electron chi connectivity index (χ4n) is 1.20. The summed E-state index contributed by atoms with van der Waals surface area (Å²) in [6.07, 6.45) is 9.71. The van der Waals surface area contributed by atoms with E-state index in [4.69, 9.17) is 0 Å². The van der Waals surface area contributed by atoms with Crippen molar-refractivity contribution in [1.29, 1.82) is 0 Å². The molecule has 12 heavy (non-hydrogen) atoms. The standard InChI is InChI=1S/C9H6INO/c10-7-5-6-3-1-2-4-8(6)11-9(7)12/h1-6H. The Balaban J connectivity index is 2.41. The number of allylic oxidation sites excluding steroid dienone is 5. The minimum atomic E-state index is -0.123. The summed E-state index contributed by atoms with van der Waals surface area (Å²) in [5.41, 5.74) is 0.850. The van der Waals surface area contributed by atoms with Crippen molar-refractivity contribution in [2.24, 2.45) is 10.9 Å². The summed E-state index contributed by atoms with van der Waals surface area (Å²) in [6, 6.07) is 0. The van der Waals surface area contributed by atoms with Crippen LogP contribution in [0.2, 0.25) is 0 Å². The molecule has 1 heterocycles. The number of dihydropyridines is 1. The molecule has 2 aliphatic rings. The van der Waals surface area contributed by atoms with Crippen LogP contribution in [0.5, 0.6) is 0 Å². The smallest absolute Gasteiger partial charge is 0.266 e. The summed E-state index contributed by atoms with van der Waals surface area (Å²) in [5.74, 6) is 0.0846. The largest absolute Gasteiger partial charge is 0.283 e. The van der Waals surface area contributed by atoms with E-state index in [1.54, 1.807) is 0 Å². The second kappa shape index (κ2) is 2.97. The molecule has 1 unspecified atom stereocenters. The van der Waals surface area contributed by atoms with E-state index in [9.17, 15) is 4.79 Å². The Bertz CT molecular complexity index is 350. The molecule has 0 spiro atoms. The first-order valence-corrected chi connectivity index (χ1v) is 4.70. The van der Waals surface area contributed by atoms with Gasteiger partial charge in [-0.3, -0.25) is 4.79 Å². The first-order chi connectivity index (χ1) is 5.77. The van der Waals surface area contributed by atoms with Crippen LogP contribution < -0.4 is 0 Å². The topological polar surface area (TPSA) is 29.4 Å². The quantitative estimate of drug-likeness (QED) is 0.620. The predicted octanol–water partition coefficient (Wildman–Crippen LogP) is 2.03. The third kappa shape index (κ3) is 1.29. The van der Waals surface area contributed by atoms with Gasteiger partial charge in [0.05, 0.1) is 9.29 Å². The molecule has 0 saturated heterocycles. The molecule has 1 aliphatic carbocycles. The molecule has 0 saturated carbocycles. The Morgan fingerprint density at radius 3 is 3.08 bits per heavy atom. The second-order valence-corrected chi connectivity index (χ2v) is 3.79. The molecule has 2 nitrogen and oxygen atoms in total. The number of nitrogens with zero attached hydrogens (tertiary/aromatic N) is 1. The van der Waals surface area contributed by atoms with E-state index in [-0.39, 0.29) is 11.8 Å². The lowest BCUT2D eigenvalue weighted by molar-refractivity contribution is -0.113. The summed E-state index contributed by atoms with van der Waals surface area (Å²) in [4.78, 5) is 15.1. The number of hydrogen-bond donors (Lipinski definition) is 0. The molecule has 1 amide bonds. The molecule has 0 aromatic rings. The number of carbonyl (C=O) groups is 1. The van der Waals surface area contributed by atoms with Crippen molar-refractivity contribution in [2.75, 3.05) is 0 Å². The lowest BCUT2D eigenvalue weighted by atomic mass is 9.96. The average Bonchev–Trinajstić information content (AvgIpc) is 2.07. The second-order valence-electron chi connectivity index (χ2n) is 2.63. The SMILES string of the molecule is O=C1N=C2C=CC=CC2C=C1I. The molecule has 3 heteroatoms. The molecule has 2 rings (SSSR count). The first kappa shape index (κ1) is 7.91. The van der Waals surface area contributed by atoms with Gasteiger partial charge in [-0.05, 0) is 28.7 Å². The fourth-order valence-corrected chi connectivity index (χ4v) is 1.71. The third-order valence-electron chi connectivity index (χ3n) is 1.80. The molecule has 0 bridgehead atoms. The van der Waals surface area contributed by atoms with Crippen LogP contribution >= 0.6 is 22.6 Å². The van der Waals surface area contributed by atoms with Gasteiger partial charge in [-0.1, -0.05) is 24.3 Å². The van der Waals surface area contributed by atoms with Crippen molar-refractivity contribution in [3.05, 3.63) is 34.0 Å². The van der Waals surface area contributed by atoms with Crippen LogP contribution in [0.1, 0.15) is 0 Å². The van der Waals surface area contributed by atoms with E-state index in [1.165, 1.54) is 0 Å². The number of fused-ring (bicyclic) bond motifs is 1. The molecule has 0 radical (unpaired) electrons. The molecule has 0 aromatic heterocycles. The maximum Gasteiger partial charge on any atom is 0.283 e. The van der Waals surface area contributed by atoms with Crippen molar-refractivity contribution in [3.63, 3.8) is 0 Å². The van der Waals surface area contributed by atoms with Crippen LogP contribution in [0.15, 0.2) is 39.0 Å². The number of aliphatic imine (C=N–C) groups is 1. The van der Waals surface area contributed by atoms with Gasteiger partial charge in [-0.15, -0.1) is 0 Å². The number of halogens is 1. The highest BCUT2D eigenvalue weighted by atomic mass is 127. The van der Waals surface area contributed by atoms with Crippen LogP contribution in [0, 0.1) is 5.92 Å². The highest BCUT2D eigenvalue weighted by Crippen LogP contribution is 2.22. The van der Waals surface area contributed by atoms with Gasteiger partial charge < -0.3 is 0 Å². The number of hydrogen-bond acceptors (Lipinski definition) is 1. The monoisotopic (exact) mass is 271 g/mol. The minimum absolute atomic E-state index is 0.123.